The summed E-state index contributed by atoms with van der Waals surface area (Å²) in [5.41, 5.74) is 7.07. The zero-order valence-corrected chi connectivity index (χ0v) is 10.3. The average Bonchev–Trinajstić information content (AvgIpc) is 2.84. The monoisotopic (exact) mass is 244 g/mol. The molecular formula is C14H16N2O2. The van der Waals surface area contributed by atoms with Crippen LogP contribution in [0.25, 0.3) is 0 Å². The molecule has 1 saturated carbocycles. The number of imide groups is 1. The molecule has 0 saturated heterocycles. The van der Waals surface area contributed by atoms with Crippen LogP contribution in [0.3, 0.4) is 0 Å². The lowest BCUT2D eigenvalue weighted by atomic mass is 10.1. The van der Waals surface area contributed by atoms with Crippen molar-refractivity contribution in [2.75, 3.05) is 5.73 Å². The third-order valence-corrected chi connectivity index (χ3v) is 4.13. The molecule has 0 aromatic heterocycles. The first-order chi connectivity index (χ1) is 8.61. The van der Waals surface area contributed by atoms with Gasteiger partial charge in [-0.1, -0.05) is 19.4 Å². The van der Waals surface area contributed by atoms with E-state index in [1.165, 1.54) is 4.90 Å². The quantitative estimate of drug-likeness (QED) is 0.607. The smallest absolute Gasteiger partial charge is 0.263 e. The average molecular weight is 244 g/mol. The van der Waals surface area contributed by atoms with Gasteiger partial charge in [-0.25, -0.2) is 0 Å². The van der Waals surface area contributed by atoms with E-state index in [2.05, 4.69) is 6.92 Å². The molecule has 0 bridgehead atoms. The van der Waals surface area contributed by atoms with Crippen molar-refractivity contribution in [2.24, 2.45) is 5.92 Å². The topological polar surface area (TPSA) is 63.4 Å². The zero-order valence-electron chi connectivity index (χ0n) is 10.3. The minimum absolute atomic E-state index is 0.0387. The Bertz CT molecular complexity index is 539. The van der Waals surface area contributed by atoms with Crippen molar-refractivity contribution in [1.82, 2.24) is 4.90 Å². The Balaban J connectivity index is 2.05. The number of carbonyl (C=O) groups is 2. The Hall–Kier alpha value is -1.84. The lowest BCUT2D eigenvalue weighted by molar-refractivity contribution is 0.0555. The molecule has 2 unspecified atom stereocenters. The number of hydrogen-bond acceptors (Lipinski definition) is 3. The van der Waals surface area contributed by atoms with Crippen molar-refractivity contribution in [3.63, 3.8) is 0 Å². The van der Waals surface area contributed by atoms with Crippen LogP contribution in [0.4, 0.5) is 5.69 Å². The lowest BCUT2D eigenvalue weighted by Gasteiger charge is -2.25. The van der Waals surface area contributed by atoms with Gasteiger partial charge in [-0.15, -0.1) is 0 Å². The van der Waals surface area contributed by atoms with E-state index in [9.17, 15) is 9.59 Å². The van der Waals surface area contributed by atoms with Gasteiger partial charge in [0.2, 0.25) is 0 Å². The van der Waals surface area contributed by atoms with Crippen molar-refractivity contribution in [2.45, 2.75) is 32.2 Å². The lowest BCUT2D eigenvalue weighted by Crippen LogP contribution is -2.41. The third-order valence-electron chi connectivity index (χ3n) is 4.13. The summed E-state index contributed by atoms with van der Waals surface area (Å²) in [6, 6.07) is 5.12. The van der Waals surface area contributed by atoms with Gasteiger partial charge in [-0.3, -0.25) is 14.5 Å². The van der Waals surface area contributed by atoms with Gasteiger partial charge in [0.15, 0.2) is 0 Å². The molecule has 2 amide bonds. The highest BCUT2D eigenvalue weighted by Crippen LogP contribution is 2.36. The fraction of sp³-hybridized carbons (Fsp3) is 0.429. The molecule has 1 heterocycles. The molecule has 2 atom stereocenters. The standard InChI is InChI=1S/C14H16N2O2/c1-8-4-2-7-11(8)16-13(17)9-5-3-6-10(15)12(9)14(16)18/h3,5-6,8,11H,2,4,7,15H2,1H3. The van der Waals surface area contributed by atoms with Crippen LogP contribution in [-0.4, -0.2) is 22.8 Å². The summed E-state index contributed by atoms with van der Waals surface area (Å²) in [5, 5.41) is 0. The van der Waals surface area contributed by atoms with Gasteiger partial charge >= 0.3 is 0 Å². The molecule has 4 heteroatoms. The van der Waals surface area contributed by atoms with Crippen molar-refractivity contribution < 1.29 is 9.59 Å². The maximum atomic E-state index is 12.4. The third kappa shape index (κ3) is 1.38. The maximum absolute atomic E-state index is 12.4. The molecular weight excluding hydrogens is 228 g/mol. The predicted molar refractivity (Wildman–Crippen MR) is 68.2 cm³/mol. The normalized spacial score (nSPS) is 26.8. The molecule has 2 N–H and O–H groups in total. The molecule has 1 aromatic rings. The Morgan fingerprint density at radius 3 is 2.61 bits per heavy atom. The van der Waals surface area contributed by atoms with E-state index in [4.69, 9.17) is 5.73 Å². The number of hydrogen-bond donors (Lipinski definition) is 1. The molecule has 18 heavy (non-hydrogen) atoms. The zero-order chi connectivity index (χ0) is 12.9. The number of nitrogen functional groups attached to an aromatic ring is 1. The van der Waals surface area contributed by atoms with Gasteiger partial charge in [0.05, 0.1) is 11.1 Å². The van der Waals surface area contributed by atoms with E-state index in [1.54, 1.807) is 18.2 Å². The van der Waals surface area contributed by atoms with Crippen LogP contribution in [0.2, 0.25) is 0 Å². The van der Waals surface area contributed by atoms with Crippen LogP contribution in [0, 0.1) is 5.92 Å². The highest BCUT2D eigenvalue weighted by atomic mass is 16.2. The molecule has 4 nitrogen and oxygen atoms in total. The van der Waals surface area contributed by atoms with Gasteiger partial charge in [0.1, 0.15) is 0 Å². The molecule has 3 rings (SSSR count). The van der Waals surface area contributed by atoms with E-state index in [0.29, 0.717) is 22.7 Å². The number of amides is 2. The first-order valence-corrected chi connectivity index (χ1v) is 6.37. The molecule has 0 spiro atoms. The van der Waals surface area contributed by atoms with Crippen LogP contribution in [0.15, 0.2) is 18.2 Å². The molecule has 1 fully saturated rings. The number of fused-ring (bicyclic) bond motifs is 1. The number of anilines is 1. The second kappa shape index (κ2) is 3.83. The summed E-state index contributed by atoms with van der Waals surface area (Å²) < 4.78 is 0. The molecule has 1 aliphatic carbocycles. The Kier molecular flexibility index (Phi) is 2.40. The summed E-state index contributed by atoms with van der Waals surface area (Å²) in [6.07, 6.45) is 3.06. The maximum Gasteiger partial charge on any atom is 0.263 e. The Morgan fingerprint density at radius 1 is 1.22 bits per heavy atom. The number of rotatable bonds is 1. The van der Waals surface area contributed by atoms with Crippen LogP contribution in [0.5, 0.6) is 0 Å². The SMILES string of the molecule is CC1CCCC1N1C(=O)c2cccc(N)c2C1=O. The van der Waals surface area contributed by atoms with Crippen molar-refractivity contribution >= 4 is 17.5 Å². The molecule has 0 radical (unpaired) electrons. The van der Waals surface area contributed by atoms with Gasteiger partial charge in [0.25, 0.3) is 11.8 Å². The van der Waals surface area contributed by atoms with E-state index in [-0.39, 0.29) is 17.9 Å². The first-order valence-electron chi connectivity index (χ1n) is 6.37. The highest BCUT2D eigenvalue weighted by Gasteiger charge is 2.43. The van der Waals surface area contributed by atoms with Crippen LogP contribution >= 0.6 is 0 Å². The molecule has 94 valence electrons. The highest BCUT2D eigenvalue weighted by molar-refractivity contribution is 6.23. The van der Waals surface area contributed by atoms with Crippen molar-refractivity contribution in [3.05, 3.63) is 29.3 Å². The summed E-state index contributed by atoms with van der Waals surface area (Å²) >= 11 is 0. The van der Waals surface area contributed by atoms with Crippen molar-refractivity contribution in [1.29, 1.82) is 0 Å². The fourth-order valence-electron chi connectivity index (χ4n) is 3.14. The molecule has 2 aliphatic rings. The Morgan fingerprint density at radius 2 is 2.00 bits per heavy atom. The summed E-state index contributed by atoms with van der Waals surface area (Å²) in [5.74, 6) is -0.0127. The number of nitrogens with two attached hydrogens (primary N) is 1. The fourth-order valence-corrected chi connectivity index (χ4v) is 3.14. The number of benzene rings is 1. The van der Waals surface area contributed by atoms with Gasteiger partial charge in [-0.05, 0) is 30.9 Å². The summed E-state index contributed by atoms with van der Waals surface area (Å²) in [7, 11) is 0. The van der Waals surface area contributed by atoms with Crippen molar-refractivity contribution in [3.8, 4) is 0 Å². The first kappa shape index (κ1) is 11.3. The molecule has 1 aromatic carbocycles. The van der Waals surface area contributed by atoms with Gasteiger partial charge < -0.3 is 5.73 Å². The predicted octanol–water partition coefficient (Wildman–Crippen LogP) is 2.05. The van der Waals surface area contributed by atoms with Gasteiger partial charge in [0, 0.05) is 11.7 Å². The van der Waals surface area contributed by atoms with Crippen LogP contribution in [-0.2, 0) is 0 Å². The summed E-state index contributed by atoms with van der Waals surface area (Å²) in [6.45, 7) is 2.10. The second-order valence-corrected chi connectivity index (χ2v) is 5.23. The second-order valence-electron chi connectivity index (χ2n) is 5.23. The number of nitrogens with zero attached hydrogens (tertiary/aromatic N) is 1. The van der Waals surface area contributed by atoms with Gasteiger partial charge in [-0.2, -0.15) is 0 Å². The largest absolute Gasteiger partial charge is 0.398 e. The minimum Gasteiger partial charge on any atom is -0.398 e. The van der Waals surface area contributed by atoms with E-state index in [1.807, 2.05) is 0 Å². The van der Waals surface area contributed by atoms with E-state index < -0.39 is 0 Å². The Labute approximate surface area is 106 Å². The van der Waals surface area contributed by atoms with Crippen LogP contribution in [0.1, 0.15) is 46.9 Å². The van der Waals surface area contributed by atoms with Crippen LogP contribution < -0.4 is 5.73 Å². The number of carbonyl (C=O) groups excluding carboxylic acids is 2. The van der Waals surface area contributed by atoms with E-state index >= 15 is 0 Å². The molecule has 1 aliphatic heterocycles. The summed E-state index contributed by atoms with van der Waals surface area (Å²) in [4.78, 5) is 26.2. The minimum atomic E-state index is -0.216. The van der Waals surface area contributed by atoms with E-state index in [0.717, 1.165) is 19.3 Å².